The molecule has 0 aliphatic carbocycles. The number of para-hydroxylation sites is 1. The van der Waals surface area contributed by atoms with Gasteiger partial charge in [0.15, 0.2) is 0 Å². The van der Waals surface area contributed by atoms with Crippen molar-refractivity contribution >= 4 is 11.6 Å². The summed E-state index contributed by atoms with van der Waals surface area (Å²) in [5.74, 6) is 0.160. The molecule has 1 saturated heterocycles. The van der Waals surface area contributed by atoms with Gasteiger partial charge in [-0.2, -0.15) is 0 Å². The minimum atomic E-state index is 0.160. The van der Waals surface area contributed by atoms with Crippen LogP contribution in [0.4, 0.5) is 5.69 Å². The zero-order valence-corrected chi connectivity index (χ0v) is 13.6. The molecule has 1 fully saturated rings. The van der Waals surface area contributed by atoms with E-state index < -0.39 is 0 Å². The summed E-state index contributed by atoms with van der Waals surface area (Å²) in [6, 6.07) is 8.71. The van der Waals surface area contributed by atoms with Crippen molar-refractivity contribution in [3.8, 4) is 0 Å². The van der Waals surface area contributed by atoms with Crippen molar-refractivity contribution in [2.75, 3.05) is 37.7 Å². The molecule has 2 rings (SSSR count). The van der Waals surface area contributed by atoms with E-state index in [0.29, 0.717) is 6.04 Å². The molecule has 5 heteroatoms. The molecule has 122 valence electrons. The summed E-state index contributed by atoms with van der Waals surface area (Å²) in [6.07, 6.45) is 0.763. The van der Waals surface area contributed by atoms with Gasteiger partial charge in [-0.15, -0.1) is 0 Å². The molecule has 1 aliphatic rings. The second-order valence-corrected chi connectivity index (χ2v) is 5.92. The summed E-state index contributed by atoms with van der Waals surface area (Å²) in [6.45, 7) is 8.06. The van der Waals surface area contributed by atoms with Gasteiger partial charge in [-0.3, -0.25) is 4.79 Å². The van der Waals surface area contributed by atoms with Crippen LogP contribution in [0.3, 0.4) is 0 Å². The fourth-order valence-corrected chi connectivity index (χ4v) is 2.81. The number of nitrogens with one attached hydrogen (secondary N) is 1. The number of rotatable bonds is 6. The van der Waals surface area contributed by atoms with Crippen molar-refractivity contribution in [2.45, 2.75) is 32.9 Å². The van der Waals surface area contributed by atoms with Gasteiger partial charge in [-0.1, -0.05) is 18.2 Å². The Morgan fingerprint density at radius 1 is 1.27 bits per heavy atom. The first-order chi connectivity index (χ1) is 10.6. The van der Waals surface area contributed by atoms with Crippen molar-refractivity contribution in [1.82, 2.24) is 10.2 Å². The molecule has 1 aromatic carbocycles. The number of piperazine rings is 1. The molecule has 1 amide bonds. The summed E-state index contributed by atoms with van der Waals surface area (Å²) < 4.78 is 0. The van der Waals surface area contributed by atoms with E-state index in [1.165, 1.54) is 11.3 Å². The molecular weight excluding hydrogens is 278 g/mol. The predicted octanol–water partition coefficient (Wildman–Crippen LogP) is 1.22. The standard InChI is InChI=1S/C17H27N3O2/c1-14(7-12-21)18-13-16-5-3-4-6-17(16)20-10-8-19(9-11-20)15(2)22/h3-6,14,18,21H,7-13H2,1-2H3. The largest absolute Gasteiger partial charge is 0.396 e. The fourth-order valence-electron chi connectivity index (χ4n) is 2.81. The van der Waals surface area contributed by atoms with Crippen LogP contribution in [0.2, 0.25) is 0 Å². The molecule has 1 atom stereocenters. The van der Waals surface area contributed by atoms with Crippen LogP contribution in [0.1, 0.15) is 25.8 Å². The van der Waals surface area contributed by atoms with Gasteiger partial charge in [0.05, 0.1) is 0 Å². The Hall–Kier alpha value is -1.59. The van der Waals surface area contributed by atoms with Crippen LogP contribution < -0.4 is 10.2 Å². The summed E-state index contributed by atoms with van der Waals surface area (Å²) in [5.41, 5.74) is 2.51. The smallest absolute Gasteiger partial charge is 0.219 e. The van der Waals surface area contributed by atoms with E-state index in [-0.39, 0.29) is 12.5 Å². The number of carbonyl (C=O) groups is 1. The Morgan fingerprint density at radius 2 is 1.95 bits per heavy atom. The highest BCUT2D eigenvalue weighted by atomic mass is 16.3. The third-order valence-corrected chi connectivity index (χ3v) is 4.26. The lowest BCUT2D eigenvalue weighted by Crippen LogP contribution is -2.48. The molecule has 5 nitrogen and oxygen atoms in total. The highest BCUT2D eigenvalue weighted by Crippen LogP contribution is 2.22. The number of hydrogen-bond donors (Lipinski definition) is 2. The number of aliphatic hydroxyl groups excluding tert-OH is 1. The quantitative estimate of drug-likeness (QED) is 0.830. The van der Waals surface area contributed by atoms with E-state index in [4.69, 9.17) is 5.11 Å². The van der Waals surface area contributed by atoms with Crippen LogP contribution in [0.25, 0.3) is 0 Å². The number of carbonyl (C=O) groups excluding carboxylic acids is 1. The number of hydrogen-bond acceptors (Lipinski definition) is 4. The van der Waals surface area contributed by atoms with E-state index >= 15 is 0 Å². The van der Waals surface area contributed by atoms with Crippen molar-refractivity contribution in [1.29, 1.82) is 0 Å². The minimum Gasteiger partial charge on any atom is -0.396 e. The topological polar surface area (TPSA) is 55.8 Å². The van der Waals surface area contributed by atoms with Gasteiger partial charge in [-0.25, -0.2) is 0 Å². The molecule has 0 radical (unpaired) electrons. The molecule has 1 unspecified atom stereocenters. The maximum Gasteiger partial charge on any atom is 0.219 e. The van der Waals surface area contributed by atoms with Crippen molar-refractivity contribution in [3.05, 3.63) is 29.8 Å². The van der Waals surface area contributed by atoms with E-state index in [2.05, 4.69) is 41.4 Å². The highest BCUT2D eigenvalue weighted by Gasteiger charge is 2.20. The van der Waals surface area contributed by atoms with E-state index in [1.54, 1.807) is 6.92 Å². The summed E-state index contributed by atoms with van der Waals surface area (Å²) in [5, 5.41) is 12.4. The first-order valence-electron chi connectivity index (χ1n) is 8.04. The molecular formula is C17H27N3O2. The average Bonchev–Trinajstić information content (AvgIpc) is 2.53. The number of amides is 1. The van der Waals surface area contributed by atoms with Crippen LogP contribution in [-0.4, -0.2) is 54.7 Å². The molecule has 0 spiro atoms. The number of aliphatic hydroxyl groups is 1. The predicted molar refractivity (Wildman–Crippen MR) is 88.9 cm³/mol. The van der Waals surface area contributed by atoms with Crippen molar-refractivity contribution in [2.24, 2.45) is 0 Å². The number of benzene rings is 1. The zero-order chi connectivity index (χ0) is 15.9. The highest BCUT2D eigenvalue weighted by molar-refractivity contribution is 5.73. The maximum atomic E-state index is 11.4. The second-order valence-electron chi connectivity index (χ2n) is 5.92. The van der Waals surface area contributed by atoms with Gasteiger partial charge in [0, 0.05) is 58.0 Å². The van der Waals surface area contributed by atoms with E-state index in [9.17, 15) is 4.79 Å². The zero-order valence-electron chi connectivity index (χ0n) is 13.6. The van der Waals surface area contributed by atoms with E-state index in [1.807, 2.05) is 4.90 Å². The molecule has 0 saturated carbocycles. The van der Waals surface area contributed by atoms with Gasteiger partial charge in [0.25, 0.3) is 0 Å². The summed E-state index contributed by atoms with van der Waals surface area (Å²) >= 11 is 0. The van der Waals surface area contributed by atoms with Gasteiger partial charge in [-0.05, 0) is 25.0 Å². The lowest BCUT2D eigenvalue weighted by molar-refractivity contribution is -0.129. The van der Waals surface area contributed by atoms with Crippen LogP contribution in [0.5, 0.6) is 0 Å². The fraction of sp³-hybridized carbons (Fsp3) is 0.588. The van der Waals surface area contributed by atoms with Crippen molar-refractivity contribution in [3.63, 3.8) is 0 Å². The molecule has 22 heavy (non-hydrogen) atoms. The lowest BCUT2D eigenvalue weighted by Gasteiger charge is -2.36. The second kappa shape index (κ2) is 8.15. The van der Waals surface area contributed by atoms with Crippen LogP contribution >= 0.6 is 0 Å². The molecule has 1 aliphatic heterocycles. The van der Waals surface area contributed by atoms with E-state index in [0.717, 1.165) is 39.1 Å². The molecule has 0 aromatic heterocycles. The normalized spacial score (nSPS) is 16.7. The minimum absolute atomic E-state index is 0.160. The van der Waals surface area contributed by atoms with Gasteiger partial charge in [0.2, 0.25) is 5.91 Å². The van der Waals surface area contributed by atoms with Gasteiger partial charge < -0.3 is 20.2 Å². The Bertz CT molecular complexity index is 485. The maximum absolute atomic E-state index is 11.4. The SMILES string of the molecule is CC(=O)N1CCN(c2ccccc2CNC(C)CCO)CC1. The summed E-state index contributed by atoms with van der Waals surface area (Å²) in [7, 11) is 0. The van der Waals surface area contributed by atoms with Crippen LogP contribution in [0.15, 0.2) is 24.3 Å². The Labute approximate surface area is 132 Å². The molecule has 2 N–H and O–H groups in total. The Kier molecular flexibility index (Phi) is 6.21. The van der Waals surface area contributed by atoms with Crippen molar-refractivity contribution < 1.29 is 9.90 Å². The van der Waals surface area contributed by atoms with Gasteiger partial charge in [0.1, 0.15) is 0 Å². The molecule has 0 bridgehead atoms. The first-order valence-corrected chi connectivity index (χ1v) is 8.04. The Balaban J connectivity index is 1.98. The van der Waals surface area contributed by atoms with Crippen LogP contribution in [-0.2, 0) is 11.3 Å². The monoisotopic (exact) mass is 305 g/mol. The molecule has 1 aromatic rings. The molecule has 1 heterocycles. The van der Waals surface area contributed by atoms with Crippen LogP contribution in [0, 0.1) is 0 Å². The third-order valence-electron chi connectivity index (χ3n) is 4.26. The summed E-state index contributed by atoms with van der Waals surface area (Å²) in [4.78, 5) is 15.7. The third kappa shape index (κ3) is 4.45. The number of nitrogens with zero attached hydrogens (tertiary/aromatic N) is 2. The lowest BCUT2D eigenvalue weighted by atomic mass is 10.1. The average molecular weight is 305 g/mol. The number of anilines is 1. The van der Waals surface area contributed by atoms with Gasteiger partial charge >= 0.3 is 0 Å². The Morgan fingerprint density at radius 3 is 2.59 bits per heavy atom. The first kappa shape index (κ1) is 16.8.